The van der Waals surface area contributed by atoms with Gasteiger partial charge in [0.25, 0.3) is 11.7 Å². The number of rotatable bonds is 4. The summed E-state index contributed by atoms with van der Waals surface area (Å²) in [5.74, 6) is -1.25. The van der Waals surface area contributed by atoms with Crippen LogP contribution in [0.5, 0.6) is 0 Å². The molecule has 0 bridgehead atoms. The Morgan fingerprint density at radius 1 is 1.12 bits per heavy atom. The monoisotopic (exact) mass is 360 g/mol. The molecule has 2 N–H and O–H groups in total. The number of amides is 1. The summed E-state index contributed by atoms with van der Waals surface area (Å²) in [5.41, 5.74) is 2.58. The fourth-order valence-corrected chi connectivity index (χ4v) is 3.08. The van der Waals surface area contributed by atoms with Gasteiger partial charge in [-0.1, -0.05) is 47.5 Å². The molecule has 0 saturated heterocycles. The standard InChI is InChI=1S/C18H14Cl2N2O2/c1-10-16(13-4-2-3-5-15(13)22-10)17(23)18(24)21-9-11-6-7-12(19)8-14(11)20/h2-8,22H,9H2,1H3,(H,21,24). The number of carbonyl (C=O) groups is 2. The highest BCUT2D eigenvalue weighted by Gasteiger charge is 2.22. The number of fused-ring (bicyclic) bond motifs is 1. The van der Waals surface area contributed by atoms with E-state index in [9.17, 15) is 9.59 Å². The lowest BCUT2D eigenvalue weighted by Gasteiger charge is -2.07. The Balaban J connectivity index is 1.79. The van der Waals surface area contributed by atoms with Crippen LogP contribution in [0, 0.1) is 6.92 Å². The highest BCUT2D eigenvalue weighted by molar-refractivity contribution is 6.45. The SMILES string of the molecule is Cc1[nH]c2ccccc2c1C(=O)C(=O)NCc1ccc(Cl)cc1Cl. The lowest BCUT2D eigenvalue weighted by Crippen LogP contribution is -2.31. The van der Waals surface area contributed by atoms with Gasteiger partial charge in [0.2, 0.25) is 0 Å². The molecule has 0 aliphatic carbocycles. The summed E-state index contributed by atoms with van der Waals surface area (Å²) in [6.45, 7) is 1.93. The first-order chi connectivity index (χ1) is 11.5. The summed E-state index contributed by atoms with van der Waals surface area (Å²) in [6.07, 6.45) is 0. The number of Topliss-reactive ketones (excluding diaryl/α,β-unsaturated/α-hetero) is 1. The van der Waals surface area contributed by atoms with Gasteiger partial charge in [0, 0.05) is 33.2 Å². The van der Waals surface area contributed by atoms with Crippen LogP contribution >= 0.6 is 23.2 Å². The smallest absolute Gasteiger partial charge is 0.292 e. The maximum Gasteiger partial charge on any atom is 0.292 e. The Morgan fingerprint density at radius 3 is 2.62 bits per heavy atom. The molecule has 4 nitrogen and oxygen atoms in total. The highest BCUT2D eigenvalue weighted by atomic mass is 35.5. The second-order valence-electron chi connectivity index (χ2n) is 5.42. The Morgan fingerprint density at radius 2 is 1.88 bits per heavy atom. The summed E-state index contributed by atoms with van der Waals surface area (Å²) in [6, 6.07) is 12.4. The zero-order valence-electron chi connectivity index (χ0n) is 12.8. The third-order valence-corrected chi connectivity index (χ3v) is 4.37. The van der Waals surface area contributed by atoms with Crippen molar-refractivity contribution in [2.75, 3.05) is 0 Å². The number of para-hydroxylation sites is 1. The molecular weight excluding hydrogens is 347 g/mol. The summed E-state index contributed by atoms with van der Waals surface area (Å²) >= 11 is 11.9. The first-order valence-corrected chi connectivity index (χ1v) is 8.06. The fourth-order valence-electron chi connectivity index (χ4n) is 2.60. The lowest BCUT2D eigenvalue weighted by atomic mass is 10.1. The van der Waals surface area contributed by atoms with Crippen LogP contribution in [0.25, 0.3) is 10.9 Å². The minimum Gasteiger partial charge on any atom is -0.358 e. The van der Waals surface area contributed by atoms with Crippen molar-refractivity contribution in [1.29, 1.82) is 0 Å². The normalized spacial score (nSPS) is 10.8. The number of hydrogen-bond donors (Lipinski definition) is 2. The molecule has 1 aromatic heterocycles. The second-order valence-corrected chi connectivity index (χ2v) is 6.26. The number of H-pyrrole nitrogens is 1. The van der Waals surface area contributed by atoms with Gasteiger partial charge < -0.3 is 10.3 Å². The Bertz CT molecular complexity index is 947. The van der Waals surface area contributed by atoms with Gasteiger partial charge in [0.15, 0.2) is 0 Å². The molecule has 3 rings (SSSR count). The molecule has 0 atom stereocenters. The Kier molecular flexibility index (Phi) is 4.60. The average molecular weight is 361 g/mol. The molecule has 0 aliphatic heterocycles. The third-order valence-electron chi connectivity index (χ3n) is 3.78. The van der Waals surface area contributed by atoms with Gasteiger partial charge in [0.05, 0.1) is 5.56 Å². The molecule has 0 radical (unpaired) electrons. The first-order valence-electron chi connectivity index (χ1n) is 7.31. The van der Waals surface area contributed by atoms with Crippen molar-refractivity contribution in [3.8, 4) is 0 Å². The third kappa shape index (κ3) is 3.16. The molecule has 0 fully saturated rings. The number of aromatic amines is 1. The van der Waals surface area contributed by atoms with Crippen molar-refractivity contribution in [3.63, 3.8) is 0 Å². The van der Waals surface area contributed by atoms with E-state index in [0.717, 1.165) is 10.9 Å². The molecule has 1 heterocycles. The van der Waals surface area contributed by atoms with Gasteiger partial charge in [0.1, 0.15) is 0 Å². The van der Waals surface area contributed by atoms with Crippen LogP contribution in [0.1, 0.15) is 21.6 Å². The quantitative estimate of drug-likeness (QED) is 0.538. The number of hydrogen-bond acceptors (Lipinski definition) is 2. The van der Waals surface area contributed by atoms with Crippen LogP contribution in [0.3, 0.4) is 0 Å². The van der Waals surface area contributed by atoms with Crippen molar-refractivity contribution in [3.05, 3.63) is 69.3 Å². The summed E-state index contributed by atoms with van der Waals surface area (Å²) in [7, 11) is 0. The van der Waals surface area contributed by atoms with E-state index in [1.807, 2.05) is 24.3 Å². The maximum absolute atomic E-state index is 12.5. The number of benzene rings is 2. The molecule has 1 amide bonds. The van der Waals surface area contributed by atoms with Gasteiger partial charge >= 0.3 is 0 Å². The number of aryl methyl sites for hydroxylation is 1. The van der Waals surface area contributed by atoms with E-state index in [0.29, 0.717) is 26.9 Å². The molecule has 0 saturated carbocycles. The number of carbonyl (C=O) groups excluding carboxylic acids is 2. The van der Waals surface area contributed by atoms with Gasteiger partial charge in [-0.2, -0.15) is 0 Å². The molecule has 0 unspecified atom stereocenters. The fraction of sp³-hybridized carbons (Fsp3) is 0.111. The maximum atomic E-state index is 12.5. The predicted molar refractivity (Wildman–Crippen MR) is 95.7 cm³/mol. The van der Waals surface area contributed by atoms with Crippen molar-refractivity contribution in [2.24, 2.45) is 0 Å². The molecule has 3 aromatic rings. The Labute approximate surface area is 148 Å². The van der Waals surface area contributed by atoms with Crippen molar-refractivity contribution >= 4 is 45.8 Å². The van der Waals surface area contributed by atoms with E-state index in [1.54, 1.807) is 25.1 Å². The summed E-state index contributed by atoms with van der Waals surface area (Å²) in [5, 5.41) is 4.30. The molecule has 0 aliphatic rings. The van der Waals surface area contributed by atoms with Gasteiger partial charge in [-0.3, -0.25) is 9.59 Å². The zero-order valence-corrected chi connectivity index (χ0v) is 14.3. The van der Waals surface area contributed by atoms with E-state index in [-0.39, 0.29) is 6.54 Å². The number of aromatic nitrogens is 1. The number of halogens is 2. The van der Waals surface area contributed by atoms with Crippen LogP contribution in [0.4, 0.5) is 0 Å². The van der Waals surface area contributed by atoms with E-state index in [4.69, 9.17) is 23.2 Å². The topological polar surface area (TPSA) is 62.0 Å². The van der Waals surface area contributed by atoms with Crippen molar-refractivity contribution in [2.45, 2.75) is 13.5 Å². The van der Waals surface area contributed by atoms with Gasteiger partial charge in [-0.05, 0) is 30.7 Å². The number of ketones is 1. The van der Waals surface area contributed by atoms with E-state index < -0.39 is 11.7 Å². The van der Waals surface area contributed by atoms with E-state index in [1.165, 1.54) is 0 Å². The molecule has 0 spiro atoms. The average Bonchev–Trinajstić information content (AvgIpc) is 2.88. The van der Waals surface area contributed by atoms with Crippen LogP contribution in [0.2, 0.25) is 10.0 Å². The van der Waals surface area contributed by atoms with Crippen LogP contribution in [-0.4, -0.2) is 16.7 Å². The van der Waals surface area contributed by atoms with Crippen LogP contribution in [0.15, 0.2) is 42.5 Å². The minimum atomic E-state index is -0.672. The second kappa shape index (κ2) is 6.67. The molecule has 24 heavy (non-hydrogen) atoms. The Hall–Kier alpha value is -2.30. The predicted octanol–water partition coefficient (Wildman–Crippen LogP) is 4.28. The van der Waals surface area contributed by atoms with Gasteiger partial charge in [-0.25, -0.2) is 0 Å². The minimum absolute atomic E-state index is 0.155. The largest absolute Gasteiger partial charge is 0.358 e. The molecule has 6 heteroatoms. The molecular formula is C18H14Cl2N2O2. The molecule has 2 aromatic carbocycles. The van der Waals surface area contributed by atoms with Crippen LogP contribution < -0.4 is 5.32 Å². The van der Waals surface area contributed by atoms with E-state index in [2.05, 4.69) is 10.3 Å². The highest BCUT2D eigenvalue weighted by Crippen LogP contribution is 2.23. The van der Waals surface area contributed by atoms with Crippen molar-refractivity contribution < 1.29 is 9.59 Å². The van der Waals surface area contributed by atoms with Gasteiger partial charge in [-0.15, -0.1) is 0 Å². The lowest BCUT2D eigenvalue weighted by molar-refractivity contribution is -0.117. The summed E-state index contributed by atoms with van der Waals surface area (Å²) in [4.78, 5) is 27.9. The van der Waals surface area contributed by atoms with Crippen LogP contribution in [-0.2, 0) is 11.3 Å². The van der Waals surface area contributed by atoms with E-state index >= 15 is 0 Å². The van der Waals surface area contributed by atoms with Crippen molar-refractivity contribution in [1.82, 2.24) is 10.3 Å². The zero-order chi connectivity index (χ0) is 17.3. The number of nitrogens with one attached hydrogen (secondary N) is 2. The first kappa shape index (κ1) is 16.6. The summed E-state index contributed by atoms with van der Waals surface area (Å²) < 4.78 is 0. The molecule has 122 valence electrons.